The minimum atomic E-state index is -4.01. The van der Waals surface area contributed by atoms with Crippen LogP contribution in [0.25, 0.3) is 0 Å². The second-order valence-electron chi connectivity index (χ2n) is 4.43. The average molecular weight is 223 g/mol. The predicted octanol–water partition coefficient (Wildman–Crippen LogP) is 1.95. The summed E-state index contributed by atoms with van der Waals surface area (Å²) in [5, 5.41) is 3.19. The summed E-state index contributed by atoms with van der Waals surface area (Å²) in [7, 11) is 0. The third kappa shape index (κ3) is 3.08. The Morgan fingerprint density at radius 3 is 2.40 bits per heavy atom. The molecule has 88 valence electrons. The number of nitrogens with one attached hydrogen (secondary N) is 1. The molecule has 0 spiro atoms. The van der Waals surface area contributed by atoms with Crippen LogP contribution >= 0.6 is 0 Å². The zero-order chi connectivity index (χ0) is 10.9. The van der Waals surface area contributed by atoms with Crippen LogP contribution in [0, 0.1) is 11.8 Å². The van der Waals surface area contributed by atoms with Crippen molar-refractivity contribution < 1.29 is 17.9 Å². The maximum absolute atomic E-state index is 12.2. The van der Waals surface area contributed by atoms with Crippen molar-refractivity contribution >= 4 is 0 Å². The molecule has 1 aliphatic carbocycles. The number of hydrogen-bond donors (Lipinski definition) is 1. The molecule has 5 heteroatoms. The van der Waals surface area contributed by atoms with Gasteiger partial charge in [0.1, 0.15) is 0 Å². The summed E-state index contributed by atoms with van der Waals surface area (Å²) < 4.78 is 42.1. The molecule has 0 bridgehead atoms. The van der Waals surface area contributed by atoms with E-state index in [0.29, 0.717) is 0 Å². The monoisotopic (exact) mass is 223 g/mol. The number of halogens is 3. The molecule has 2 aliphatic rings. The van der Waals surface area contributed by atoms with Gasteiger partial charge in [-0.2, -0.15) is 13.2 Å². The van der Waals surface area contributed by atoms with Gasteiger partial charge in [0.15, 0.2) is 0 Å². The van der Waals surface area contributed by atoms with E-state index in [-0.39, 0.29) is 25.0 Å². The smallest absolute Gasteiger partial charge is 0.378 e. The van der Waals surface area contributed by atoms with Crippen LogP contribution in [0.4, 0.5) is 13.2 Å². The molecule has 1 saturated carbocycles. The third-order valence-corrected chi connectivity index (χ3v) is 3.18. The van der Waals surface area contributed by atoms with Crippen LogP contribution in [0.5, 0.6) is 0 Å². The molecule has 15 heavy (non-hydrogen) atoms. The van der Waals surface area contributed by atoms with Gasteiger partial charge in [0.25, 0.3) is 0 Å². The van der Waals surface area contributed by atoms with Gasteiger partial charge in [-0.1, -0.05) is 0 Å². The van der Waals surface area contributed by atoms with Gasteiger partial charge in [0.05, 0.1) is 18.6 Å². The Kier molecular flexibility index (Phi) is 3.21. The Balaban J connectivity index is 1.63. The van der Waals surface area contributed by atoms with E-state index >= 15 is 0 Å². The van der Waals surface area contributed by atoms with Gasteiger partial charge in [-0.25, -0.2) is 0 Å². The molecule has 0 aromatic carbocycles. The first-order valence-electron chi connectivity index (χ1n) is 5.46. The van der Waals surface area contributed by atoms with Gasteiger partial charge in [-0.3, -0.25) is 0 Å². The summed E-state index contributed by atoms with van der Waals surface area (Å²) in [5.74, 6) is -1.38. The summed E-state index contributed by atoms with van der Waals surface area (Å²) in [4.78, 5) is 0. The largest absolute Gasteiger partial charge is 0.392 e. The fourth-order valence-corrected chi connectivity index (χ4v) is 2.05. The maximum atomic E-state index is 12.2. The minimum Gasteiger partial charge on any atom is -0.378 e. The van der Waals surface area contributed by atoms with E-state index in [9.17, 15) is 13.2 Å². The molecule has 1 heterocycles. The molecule has 2 nitrogen and oxygen atoms in total. The summed E-state index contributed by atoms with van der Waals surface area (Å²) in [6.07, 6.45) is -1.75. The van der Waals surface area contributed by atoms with Crippen molar-refractivity contribution in [3.63, 3.8) is 0 Å². The predicted molar refractivity (Wildman–Crippen MR) is 49.5 cm³/mol. The molecule has 0 amide bonds. The molecule has 1 N–H and O–H groups in total. The molecule has 0 aromatic heterocycles. The van der Waals surface area contributed by atoms with E-state index in [2.05, 4.69) is 5.32 Å². The first kappa shape index (κ1) is 11.2. The normalized spacial score (nSPS) is 33.0. The van der Waals surface area contributed by atoms with Gasteiger partial charge < -0.3 is 10.1 Å². The van der Waals surface area contributed by atoms with Gasteiger partial charge in [-0.05, 0) is 38.3 Å². The lowest BCUT2D eigenvalue weighted by atomic mass is 10.1. The van der Waals surface area contributed by atoms with Crippen LogP contribution in [-0.4, -0.2) is 32.0 Å². The Morgan fingerprint density at radius 2 is 1.87 bits per heavy atom. The summed E-state index contributed by atoms with van der Waals surface area (Å²) in [6, 6.07) is 0. The van der Waals surface area contributed by atoms with Crippen molar-refractivity contribution in [2.45, 2.75) is 31.5 Å². The number of hydrogen-bond acceptors (Lipinski definition) is 2. The first-order valence-corrected chi connectivity index (χ1v) is 5.46. The molecule has 0 unspecified atom stereocenters. The summed E-state index contributed by atoms with van der Waals surface area (Å²) in [6.45, 7) is 2.12. The van der Waals surface area contributed by atoms with Crippen LogP contribution in [-0.2, 0) is 4.74 Å². The van der Waals surface area contributed by atoms with E-state index in [1.54, 1.807) is 0 Å². The van der Waals surface area contributed by atoms with Crippen molar-refractivity contribution in [1.82, 2.24) is 5.32 Å². The highest BCUT2D eigenvalue weighted by Crippen LogP contribution is 2.50. The number of alkyl halides is 3. The van der Waals surface area contributed by atoms with Crippen LogP contribution in [0.3, 0.4) is 0 Å². The lowest BCUT2D eigenvalue weighted by Gasteiger charge is -2.23. The highest BCUT2D eigenvalue weighted by atomic mass is 19.4. The quantitative estimate of drug-likeness (QED) is 0.789. The van der Waals surface area contributed by atoms with E-state index in [1.807, 2.05) is 0 Å². The molecule has 0 radical (unpaired) electrons. The molecule has 2 rings (SSSR count). The first-order chi connectivity index (χ1) is 7.07. The van der Waals surface area contributed by atoms with Crippen LogP contribution in [0.2, 0.25) is 0 Å². The lowest BCUT2D eigenvalue weighted by Crippen LogP contribution is -2.33. The highest BCUT2D eigenvalue weighted by Gasteiger charge is 2.55. The van der Waals surface area contributed by atoms with Crippen molar-refractivity contribution in [2.24, 2.45) is 11.8 Å². The van der Waals surface area contributed by atoms with Gasteiger partial charge >= 0.3 is 6.18 Å². The van der Waals surface area contributed by atoms with Crippen LogP contribution in [0.1, 0.15) is 19.3 Å². The third-order valence-electron chi connectivity index (χ3n) is 3.18. The average Bonchev–Trinajstić information content (AvgIpc) is 2.95. The Bertz CT molecular complexity index is 213. The van der Waals surface area contributed by atoms with Gasteiger partial charge in [0.2, 0.25) is 0 Å². The van der Waals surface area contributed by atoms with Crippen LogP contribution < -0.4 is 5.32 Å². The standard InChI is InChI=1S/C10H16F3NO/c11-10(12,13)9-5-7(9)6-15-8-1-3-14-4-2-8/h7-9,14H,1-6H2/t7-,9+/m1/s1. The van der Waals surface area contributed by atoms with Gasteiger partial charge in [-0.15, -0.1) is 0 Å². The molecule has 1 aliphatic heterocycles. The zero-order valence-electron chi connectivity index (χ0n) is 8.52. The fourth-order valence-electron chi connectivity index (χ4n) is 2.05. The lowest BCUT2D eigenvalue weighted by molar-refractivity contribution is -0.153. The second kappa shape index (κ2) is 4.29. The second-order valence-corrected chi connectivity index (χ2v) is 4.43. The van der Waals surface area contributed by atoms with Gasteiger partial charge in [0, 0.05) is 0 Å². The number of rotatable bonds is 3. The van der Waals surface area contributed by atoms with E-state index in [4.69, 9.17) is 4.74 Å². The molecular formula is C10H16F3NO. The number of ether oxygens (including phenoxy) is 1. The molecule has 2 fully saturated rings. The Morgan fingerprint density at radius 1 is 1.20 bits per heavy atom. The summed E-state index contributed by atoms with van der Waals surface area (Å²) in [5.41, 5.74) is 0. The van der Waals surface area contributed by atoms with Crippen molar-refractivity contribution in [1.29, 1.82) is 0 Å². The Hall–Kier alpha value is -0.290. The molecule has 0 aromatic rings. The fraction of sp³-hybridized carbons (Fsp3) is 1.00. The minimum absolute atomic E-state index is 0.167. The maximum Gasteiger partial charge on any atom is 0.392 e. The zero-order valence-corrected chi connectivity index (χ0v) is 8.52. The molecule has 2 atom stereocenters. The van der Waals surface area contributed by atoms with Crippen molar-refractivity contribution in [3.8, 4) is 0 Å². The van der Waals surface area contributed by atoms with E-state index < -0.39 is 12.1 Å². The van der Waals surface area contributed by atoms with Crippen molar-refractivity contribution in [2.75, 3.05) is 19.7 Å². The summed E-state index contributed by atoms with van der Waals surface area (Å²) >= 11 is 0. The van der Waals surface area contributed by atoms with Crippen molar-refractivity contribution in [3.05, 3.63) is 0 Å². The van der Waals surface area contributed by atoms with Crippen LogP contribution in [0.15, 0.2) is 0 Å². The topological polar surface area (TPSA) is 21.3 Å². The number of piperidine rings is 1. The Labute approximate surface area is 87.2 Å². The molecular weight excluding hydrogens is 207 g/mol. The van der Waals surface area contributed by atoms with E-state index in [1.165, 1.54) is 0 Å². The van der Waals surface area contributed by atoms with E-state index in [0.717, 1.165) is 25.9 Å². The highest BCUT2D eigenvalue weighted by molar-refractivity contribution is 4.91. The molecule has 1 saturated heterocycles. The SMILES string of the molecule is FC(F)(F)[C@H]1C[C@@H]1COC1CCNCC1.